The Hall–Kier alpha value is -2.64. The molecule has 5 unspecified atom stereocenters. The zero-order valence-electron chi connectivity index (χ0n) is 21.0. The van der Waals surface area contributed by atoms with Gasteiger partial charge in [-0.3, -0.25) is 9.69 Å². The van der Waals surface area contributed by atoms with Gasteiger partial charge in [0, 0.05) is 30.6 Å². The summed E-state index contributed by atoms with van der Waals surface area (Å²) in [7, 11) is 0. The third-order valence-corrected chi connectivity index (χ3v) is 9.55. The van der Waals surface area contributed by atoms with Crippen LogP contribution in [0.5, 0.6) is 5.75 Å². The van der Waals surface area contributed by atoms with Crippen molar-refractivity contribution < 1.29 is 29.3 Å². The van der Waals surface area contributed by atoms with Crippen LogP contribution in [0.25, 0.3) is 5.57 Å². The van der Waals surface area contributed by atoms with Gasteiger partial charge in [-0.05, 0) is 69.6 Å². The Morgan fingerprint density at radius 2 is 2.06 bits per heavy atom. The highest BCUT2D eigenvalue weighted by atomic mass is 16.6. The molecule has 0 aromatic heterocycles. The Balaban J connectivity index is 1.52. The highest BCUT2D eigenvalue weighted by molar-refractivity contribution is 6.16. The maximum atomic E-state index is 12.6. The van der Waals surface area contributed by atoms with Crippen molar-refractivity contribution in [2.45, 2.75) is 88.1 Å². The van der Waals surface area contributed by atoms with Crippen LogP contribution in [0.15, 0.2) is 30.4 Å². The molecular formula is C29H35NO6. The van der Waals surface area contributed by atoms with Crippen molar-refractivity contribution in [2.24, 2.45) is 5.92 Å². The number of piperidine rings is 1. The molecule has 0 amide bonds. The Morgan fingerprint density at radius 3 is 2.72 bits per heavy atom. The van der Waals surface area contributed by atoms with Gasteiger partial charge in [0.15, 0.2) is 0 Å². The fourth-order valence-electron chi connectivity index (χ4n) is 7.84. The summed E-state index contributed by atoms with van der Waals surface area (Å²) in [4.78, 5) is 26.8. The van der Waals surface area contributed by atoms with Crippen LogP contribution >= 0.6 is 0 Å². The fourth-order valence-corrected chi connectivity index (χ4v) is 7.84. The highest BCUT2D eigenvalue weighted by Crippen LogP contribution is 2.65. The molecule has 1 aromatic rings. The fraction of sp³-hybridized carbons (Fsp3) is 0.586. The Bertz CT molecular complexity index is 1170. The van der Waals surface area contributed by atoms with E-state index >= 15 is 0 Å². The molecule has 0 radical (unpaired) electrons. The zero-order chi connectivity index (χ0) is 25.2. The summed E-state index contributed by atoms with van der Waals surface area (Å²) in [5.74, 6) is -0.157. The summed E-state index contributed by atoms with van der Waals surface area (Å²) in [6, 6.07) is 3.85. The standard InChI is InChI=1S/C29H35NO6/c1-3-4-8-21(27(32)33)20-10-9-19-15-23-29(34)12-11-22(35-17(2)31)26-28(29,24(19)25(20)36-26)13-14-30(23)16-18-6-5-7-18/h3-4,8-10,18,22-23,26,34H,5-7,11-16H2,1-2H3,(H,32,33)/b4-3+,21-8+. The number of carboxylic acids is 1. The zero-order valence-corrected chi connectivity index (χ0v) is 21.0. The number of esters is 1. The molecule has 2 bridgehead atoms. The van der Waals surface area contributed by atoms with Crippen molar-refractivity contribution in [1.29, 1.82) is 0 Å². The smallest absolute Gasteiger partial charge is 0.336 e. The number of allylic oxidation sites excluding steroid dienone is 3. The van der Waals surface area contributed by atoms with Gasteiger partial charge < -0.3 is 19.7 Å². The molecule has 5 atom stereocenters. The molecule has 2 aliphatic heterocycles. The van der Waals surface area contributed by atoms with Crippen LogP contribution < -0.4 is 4.74 Å². The first-order valence-corrected chi connectivity index (χ1v) is 13.3. The van der Waals surface area contributed by atoms with Gasteiger partial charge in [-0.15, -0.1) is 0 Å². The first kappa shape index (κ1) is 23.7. The predicted octanol–water partition coefficient (Wildman–Crippen LogP) is 3.62. The maximum Gasteiger partial charge on any atom is 0.336 e. The third kappa shape index (κ3) is 3.18. The Kier molecular flexibility index (Phi) is 5.57. The lowest BCUT2D eigenvalue weighted by atomic mass is 9.48. The van der Waals surface area contributed by atoms with Crippen molar-refractivity contribution in [3.05, 3.63) is 47.1 Å². The van der Waals surface area contributed by atoms with Gasteiger partial charge in [0.2, 0.25) is 0 Å². The normalized spacial score (nSPS) is 35.2. The molecule has 7 nitrogen and oxygen atoms in total. The van der Waals surface area contributed by atoms with E-state index in [1.165, 1.54) is 26.2 Å². The van der Waals surface area contributed by atoms with E-state index < -0.39 is 29.2 Å². The number of ether oxygens (including phenoxy) is 2. The molecule has 5 aliphatic rings. The van der Waals surface area contributed by atoms with Crippen molar-refractivity contribution in [3.63, 3.8) is 0 Å². The van der Waals surface area contributed by atoms with Crippen molar-refractivity contribution in [3.8, 4) is 5.75 Å². The van der Waals surface area contributed by atoms with Crippen LogP contribution in [0.2, 0.25) is 0 Å². The van der Waals surface area contributed by atoms with Gasteiger partial charge in [-0.25, -0.2) is 4.79 Å². The summed E-state index contributed by atoms with van der Waals surface area (Å²) in [6.45, 7) is 5.11. The predicted molar refractivity (Wildman–Crippen MR) is 134 cm³/mol. The number of hydrogen-bond acceptors (Lipinski definition) is 6. The van der Waals surface area contributed by atoms with Gasteiger partial charge in [0.05, 0.1) is 16.6 Å². The van der Waals surface area contributed by atoms with Gasteiger partial charge in [0.1, 0.15) is 18.0 Å². The second kappa shape index (κ2) is 8.45. The number of nitrogens with zero attached hydrogens (tertiary/aromatic N) is 1. The summed E-state index contributed by atoms with van der Waals surface area (Å²) in [5, 5.41) is 22.7. The van der Waals surface area contributed by atoms with Crippen molar-refractivity contribution >= 4 is 17.5 Å². The number of aliphatic hydroxyl groups is 1. The monoisotopic (exact) mass is 493 g/mol. The minimum absolute atomic E-state index is 0.0296. The quantitative estimate of drug-likeness (QED) is 0.355. The van der Waals surface area contributed by atoms with Crippen molar-refractivity contribution in [1.82, 2.24) is 4.90 Å². The minimum Gasteiger partial charge on any atom is -0.485 e. The van der Waals surface area contributed by atoms with Crippen LogP contribution in [0, 0.1) is 5.92 Å². The number of likely N-dealkylation sites (tertiary alicyclic amines) is 1. The average molecular weight is 494 g/mol. The Morgan fingerprint density at radius 1 is 1.25 bits per heavy atom. The van der Waals surface area contributed by atoms with E-state index in [4.69, 9.17) is 9.47 Å². The number of benzene rings is 1. The largest absolute Gasteiger partial charge is 0.485 e. The molecule has 1 spiro atoms. The molecule has 3 aliphatic carbocycles. The van der Waals surface area contributed by atoms with Crippen LogP contribution in [0.3, 0.4) is 0 Å². The molecule has 3 fully saturated rings. The molecular weight excluding hydrogens is 458 g/mol. The van der Waals surface area contributed by atoms with Gasteiger partial charge in [-0.1, -0.05) is 30.7 Å². The van der Waals surface area contributed by atoms with Crippen LogP contribution in [-0.4, -0.2) is 64.0 Å². The van der Waals surface area contributed by atoms with E-state index in [9.17, 15) is 19.8 Å². The highest BCUT2D eigenvalue weighted by Gasteiger charge is 2.73. The van der Waals surface area contributed by atoms with Crippen LogP contribution in [-0.2, 0) is 26.2 Å². The number of aliphatic carboxylic acids is 1. The summed E-state index contributed by atoms with van der Waals surface area (Å²) >= 11 is 0. The van der Waals surface area contributed by atoms with Crippen LogP contribution in [0.4, 0.5) is 0 Å². The number of hydrogen-bond donors (Lipinski definition) is 2. The van der Waals surface area contributed by atoms with E-state index in [0.29, 0.717) is 42.9 Å². The second-order valence-electron chi connectivity index (χ2n) is 11.3. The van der Waals surface area contributed by atoms with Gasteiger partial charge in [0.25, 0.3) is 0 Å². The second-order valence-corrected chi connectivity index (χ2v) is 11.3. The van der Waals surface area contributed by atoms with E-state index in [0.717, 1.165) is 24.2 Å². The lowest BCUT2D eigenvalue weighted by Crippen LogP contribution is -2.77. The summed E-state index contributed by atoms with van der Waals surface area (Å²) < 4.78 is 12.4. The molecule has 2 heterocycles. The van der Waals surface area contributed by atoms with Crippen LogP contribution in [0.1, 0.15) is 69.1 Å². The first-order chi connectivity index (χ1) is 17.3. The number of carbonyl (C=O) groups excluding carboxylic acids is 1. The number of carbonyl (C=O) groups is 2. The molecule has 1 saturated heterocycles. The Labute approximate surface area is 211 Å². The van der Waals surface area contributed by atoms with Crippen molar-refractivity contribution in [2.75, 3.05) is 13.1 Å². The minimum atomic E-state index is -1.03. The summed E-state index contributed by atoms with van der Waals surface area (Å²) in [6.07, 6.45) is 10.3. The lowest BCUT2D eigenvalue weighted by molar-refractivity contribution is -0.216. The maximum absolute atomic E-state index is 12.6. The van der Waals surface area contributed by atoms with E-state index in [-0.39, 0.29) is 17.6 Å². The SMILES string of the molecule is C/C=C/C=C(/C(=O)O)c1ccc2c3c1OC1C(OC(C)=O)CCC4(O)C(C2)N(CC2CCC2)CCC314. The molecule has 1 aromatic carbocycles. The summed E-state index contributed by atoms with van der Waals surface area (Å²) in [5.41, 5.74) is 0.972. The van der Waals surface area contributed by atoms with Gasteiger partial charge >= 0.3 is 11.9 Å². The molecule has 36 heavy (non-hydrogen) atoms. The molecule has 2 saturated carbocycles. The van der Waals surface area contributed by atoms with E-state index in [1.54, 1.807) is 18.2 Å². The third-order valence-electron chi connectivity index (χ3n) is 9.55. The molecule has 7 heteroatoms. The van der Waals surface area contributed by atoms with E-state index in [1.807, 2.05) is 19.1 Å². The first-order valence-electron chi connectivity index (χ1n) is 13.3. The lowest BCUT2D eigenvalue weighted by Gasteiger charge is -2.64. The molecule has 6 rings (SSSR count). The number of carboxylic acid groups (broad SMARTS) is 1. The molecule has 2 N–H and O–H groups in total. The topological polar surface area (TPSA) is 96.3 Å². The average Bonchev–Trinajstić information content (AvgIpc) is 3.15. The molecule has 192 valence electrons. The van der Waals surface area contributed by atoms with E-state index in [2.05, 4.69) is 4.90 Å². The number of rotatable bonds is 6. The van der Waals surface area contributed by atoms with Gasteiger partial charge in [-0.2, -0.15) is 0 Å².